The first-order valence-corrected chi connectivity index (χ1v) is 10.8. The normalized spacial score (nSPS) is 10.0. The predicted molar refractivity (Wildman–Crippen MR) is 103 cm³/mol. The number of hydrogen-bond acceptors (Lipinski definition) is 0. The van der Waals surface area contributed by atoms with Gasteiger partial charge in [0.2, 0.25) is 0 Å². The monoisotopic (exact) mass is 502 g/mol. The summed E-state index contributed by atoms with van der Waals surface area (Å²) in [7, 11) is 0. The number of halogens is 3. The van der Waals surface area contributed by atoms with Gasteiger partial charge in [0.05, 0.1) is 0 Å². The van der Waals surface area contributed by atoms with Gasteiger partial charge in [-0.2, -0.15) is 25.7 Å². The van der Waals surface area contributed by atoms with E-state index in [1.807, 2.05) is 12.2 Å². The van der Waals surface area contributed by atoms with Crippen LogP contribution < -0.4 is 0 Å². The molecule has 8 heteroatoms. The number of allylic oxidation sites excluding steroid dienone is 4. The zero-order chi connectivity index (χ0) is 19.5. The summed E-state index contributed by atoms with van der Waals surface area (Å²) in [6, 6.07) is 0. The molecule has 0 spiro atoms. The number of hydrogen-bond donors (Lipinski definition) is 0. The molecule has 1 radical (unpaired) electrons. The van der Waals surface area contributed by atoms with E-state index >= 15 is 0 Å². The molecule has 25 heavy (non-hydrogen) atoms. The van der Waals surface area contributed by atoms with E-state index in [1.165, 1.54) is 0 Å². The molecule has 1 rings (SSSR count). The molecule has 1 aliphatic carbocycles. The molecule has 0 atom stereocenters. The van der Waals surface area contributed by atoms with E-state index in [0.717, 1.165) is 44.9 Å². The molecule has 1 aliphatic rings. The molecule has 0 aliphatic heterocycles. The van der Waals surface area contributed by atoms with Gasteiger partial charge in [0, 0.05) is 0 Å². The molecule has 0 heterocycles. The van der Waals surface area contributed by atoms with Crippen LogP contribution in [0.2, 0.25) is 0 Å². The molecule has 0 unspecified atom stereocenters. The van der Waals surface area contributed by atoms with Crippen LogP contribution in [0.15, 0.2) is 18.2 Å². The van der Waals surface area contributed by atoms with Crippen LogP contribution in [0.1, 0.15) is 65.7 Å². The van der Waals surface area contributed by atoms with Crippen molar-refractivity contribution in [1.29, 1.82) is 0 Å². The first kappa shape index (κ1) is 36.5. The van der Waals surface area contributed by atoms with Crippen LogP contribution >= 0.6 is 0 Å². The molecular weight excluding hydrogens is 467 g/mol. The zero-order valence-corrected chi connectivity index (χ0v) is 20.5. The van der Waals surface area contributed by atoms with Crippen LogP contribution in [0.3, 0.4) is 0 Å². The first-order chi connectivity index (χ1) is 11.5. The van der Waals surface area contributed by atoms with Gasteiger partial charge >= 0.3 is 52.4 Å². The quantitative estimate of drug-likeness (QED) is 0.264. The summed E-state index contributed by atoms with van der Waals surface area (Å²) in [5.41, 5.74) is 19.8. The van der Waals surface area contributed by atoms with E-state index in [4.69, 9.17) is 17.2 Å². The molecule has 0 amide bonds. The van der Waals surface area contributed by atoms with Gasteiger partial charge in [-0.05, 0) is 0 Å². The molecule has 0 aromatic heterocycles. The molecule has 3 N–H and O–H groups in total. The summed E-state index contributed by atoms with van der Waals surface area (Å²) >= 11 is -4.83. The van der Waals surface area contributed by atoms with Crippen LogP contribution in [0.25, 0.3) is 17.2 Å². The fourth-order valence-corrected chi connectivity index (χ4v) is 0.871. The van der Waals surface area contributed by atoms with E-state index in [9.17, 15) is 10.5 Å². The molecule has 0 saturated heterocycles. The molecule has 0 saturated carbocycles. The van der Waals surface area contributed by atoms with Gasteiger partial charge in [-0.3, -0.25) is 6.08 Å². The van der Waals surface area contributed by atoms with Crippen LogP contribution in [0.4, 0.5) is 10.5 Å². The van der Waals surface area contributed by atoms with Crippen molar-refractivity contribution < 1.29 is 36.7 Å². The second-order valence-electron chi connectivity index (χ2n) is 4.53. The standard InChI is InChI=1S/C5H5.3C4H10N.F3Ge.Zr/c1-2-4-5-3-1;3*1-2-3-4-5;1-4(2)3;/h1-3H,4H2;3*5H,2-4H2,1H3;;/q4*-1;;+4. The summed E-state index contributed by atoms with van der Waals surface area (Å²) < 4.78 is 29.5. The number of nitrogens with one attached hydrogen (secondary N) is 3. The Kier molecular flexibility index (Phi) is 64.5. The van der Waals surface area contributed by atoms with Crippen molar-refractivity contribution in [2.45, 2.75) is 65.7 Å². The van der Waals surface area contributed by atoms with E-state index in [2.05, 4.69) is 32.9 Å². The van der Waals surface area contributed by atoms with Crippen LogP contribution in [-0.4, -0.2) is 35.4 Å². The van der Waals surface area contributed by atoms with Crippen LogP contribution in [-0.2, 0) is 26.2 Å². The van der Waals surface area contributed by atoms with Crippen molar-refractivity contribution in [2.75, 3.05) is 19.6 Å². The van der Waals surface area contributed by atoms with Crippen LogP contribution in [0, 0.1) is 6.08 Å². The summed E-state index contributed by atoms with van der Waals surface area (Å²) in [6.45, 7) is 8.06. The predicted octanol–water partition coefficient (Wildman–Crippen LogP) is 7.70. The Morgan fingerprint density at radius 3 is 1.20 bits per heavy atom. The van der Waals surface area contributed by atoms with Crippen molar-refractivity contribution in [2.24, 2.45) is 0 Å². The SMILES string of the molecule is CCCC[NH-].CCCC[NH-].CCCC[NH-].[C-]1=CC=CC1.[F][Ge]([F])[F].[Zr+4]. The minimum atomic E-state index is -4.83. The molecule has 0 aromatic rings. The van der Waals surface area contributed by atoms with Crippen LogP contribution in [0.5, 0.6) is 0 Å². The third-order valence-electron chi connectivity index (χ3n) is 2.18. The van der Waals surface area contributed by atoms with Crippen molar-refractivity contribution in [3.63, 3.8) is 0 Å². The van der Waals surface area contributed by atoms with Gasteiger partial charge in [0.25, 0.3) is 0 Å². The van der Waals surface area contributed by atoms with Gasteiger partial charge in [-0.1, -0.05) is 59.3 Å². The Morgan fingerprint density at radius 2 is 1.16 bits per heavy atom. The Morgan fingerprint density at radius 1 is 0.840 bits per heavy atom. The second kappa shape index (κ2) is 44.2. The summed E-state index contributed by atoms with van der Waals surface area (Å²) in [6.07, 6.45) is 16.6. The molecule has 0 fully saturated rings. The van der Waals surface area contributed by atoms with Gasteiger partial charge < -0.3 is 17.2 Å². The van der Waals surface area contributed by atoms with Crippen molar-refractivity contribution in [3.8, 4) is 0 Å². The third-order valence-corrected chi connectivity index (χ3v) is 2.18. The van der Waals surface area contributed by atoms with E-state index in [0.29, 0.717) is 19.6 Å². The van der Waals surface area contributed by atoms with E-state index in [1.54, 1.807) is 0 Å². The number of rotatable bonds is 6. The topological polar surface area (TPSA) is 71.4 Å². The summed E-state index contributed by atoms with van der Waals surface area (Å²) in [5, 5.41) is 0. The average Bonchev–Trinajstić information content (AvgIpc) is 3.10. The Labute approximate surface area is 178 Å². The van der Waals surface area contributed by atoms with Gasteiger partial charge in [0.1, 0.15) is 0 Å². The Hall–Kier alpha value is 0.576. The van der Waals surface area contributed by atoms with Gasteiger partial charge in [0.15, 0.2) is 0 Å². The van der Waals surface area contributed by atoms with Gasteiger partial charge in [-0.15, -0.1) is 6.42 Å². The average molecular weight is 502 g/mol. The smallest absolute Gasteiger partial charge is 4.00 e. The van der Waals surface area contributed by atoms with Crippen molar-refractivity contribution in [3.05, 3.63) is 41.5 Å². The maximum atomic E-state index is 9.83. The Balaban J connectivity index is -0.0000000662. The molecule has 0 bridgehead atoms. The molecular formula is C17H35F3GeN3Zr. The Bertz CT molecular complexity index is 202. The number of unbranched alkanes of at least 4 members (excludes halogenated alkanes) is 3. The first-order valence-electron chi connectivity index (χ1n) is 8.47. The fraction of sp³-hybridized carbons (Fsp3) is 0.765. The summed E-state index contributed by atoms with van der Waals surface area (Å²) in [4.78, 5) is 0. The second-order valence-corrected chi connectivity index (χ2v) is 5.43. The zero-order valence-electron chi connectivity index (χ0n) is 15.9. The maximum absolute atomic E-state index is 9.83. The fourth-order valence-electron chi connectivity index (χ4n) is 0.871. The van der Waals surface area contributed by atoms with Crippen molar-refractivity contribution >= 4 is 15.7 Å². The minimum absolute atomic E-state index is 0. The third kappa shape index (κ3) is 93.5. The molecule has 3 nitrogen and oxygen atoms in total. The van der Waals surface area contributed by atoms with Crippen molar-refractivity contribution in [1.82, 2.24) is 0 Å². The maximum Gasteiger partial charge on any atom is 4.00 e. The minimum Gasteiger partial charge on any atom is 4.00 e. The van der Waals surface area contributed by atoms with E-state index in [-0.39, 0.29) is 26.2 Å². The van der Waals surface area contributed by atoms with E-state index < -0.39 is 15.7 Å². The molecule has 147 valence electrons. The molecule has 0 aromatic carbocycles. The largest absolute Gasteiger partial charge is 4.00 e. The van der Waals surface area contributed by atoms with Gasteiger partial charge in [-0.25, -0.2) is 12.2 Å². The summed E-state index contributed by atoms with van der Waals surface area (Å²) in [5.74, 6) is 0.